The van der Waals surface area contributed by atoms with Gasteiger partial charge in [0.25, 0.3) is 0 Å². The Morgan fingerprint density at radius 2 is 1.71 bits per heavy atom. The van der Waals surface area contributed by atoms with E-state index in [0.29, 0.717) is 36.1 Å². The van der Waals surface area contributed by atoms with Crippen LogP contribution < -0.4 is 4.90 Å². The normalized spacial score (nSPS) is 16.5. The van der Waals surface area contributed by atoms with Crippen LogP contribution in [-0.4, -0.2) is 30.4 Å². The van der Waals surface area contributed by atoms with Crippen molar-refractivity contribution in [3.05, 3.63) is 98.5 Å². The van der Waals surface area contributed by atoms with Crippen molar-refractivity contribution in [2.45, 2.75) is 19.4 Å². The molecule has 1 atom stereocenters. The zero-order chi connectivity index (χ0) is 22.0. The van der Waals surface area contributed by atoms with E-state index in [0.717, 1.165) is 27.4 Å². The van der Waals surface area contributed by atoms with E-state index in [2.05, 4.69) is 17.0 Å². The Morgan fingerprint density at radius 3 is 2.42 bits per heavy atom. The smallest absolute Gasteiger partial charge is 0.227 e. The van der Waals surface area contributed by atoms with Crippen LogP contribution in [-0.2, 0) is 11.2 Å². The summed E-state index contributed by atoms with van der Waals surface area (Å²) in [6.07, 6.45) is 0.333. The summed E-state index contributed by atoms with van der Waals surface area (Å²) in [5.74, 6) is 0.0934. The number of amides is 1. The average molecular weight is 474 g/mol. The second kappa shape index (κ2) is 9.52. The number of nitrogens with zero attached hydrogens (tertiary/aromatic N) is 2. The SMILES string of the molecule is Cc1ccc(N2CCN(C(=O)Cc3cccc(Cl)c3)C[C@@H]2c2ccc(Cl)cc2)c(Cl)c1. The van der Waals surface area contributed by atoms with Gasteiger partial charge >= 0.3 is 0 Å². The van der Waals surface area contributed by atoms with E-state index >= 15 is 0 Å². The monoisotopic (exact) mass is 472 g/mol. The highest BCUT2D eigenvalue weighted by Crippen LogP contribution is 2.36. The predicted octanol–water partition coefficient (Wildman–Crippen LogP) is 6.59. The van der Waals surface area contributed by atoms with Crippen molar-refractivity contribution in [3.63, 3.8) is 0 Å². The van der Waals surface area contributed by atoms with E-state index in [9.17, 15) is 4.79 Å². The third-order valence-electron chi connectivity index (χ3n) is 5.64. The highest BCUT2D eigenvalue weighted by Gasteiger charge is 2.31. The van der Waals surface area contributed by atoms with Gasteiger partial charge in [-0.1, -0.05) is 65.1 Å². The van der Waals surface area contributed by atoms with Crippen molar-refractivity contribution in [2.24, 2.45) is 0 Å². The molecule has 6 heteroatoms. The summed E-state index contributed by atoms with van der Waals surface area (Å²) in [7, 11) is 0. The van der Waals surface area contributed by atoms with Gasteiger partial charge in [0.05, 0.1) is 23.2 Å². The molecule has 0 aromatic heterocycles. The van der Waals surface area contributed by atoms with E-state index < -0.39 is 0 Å². The minimum atomic E-state index is -0.0189. The average Bonchev–Trinajstić information content (AvgIpc) is 2.74. The van der Waals surface area contributed by atoms with Crippen LogP contribution in [0.2, 0.25) is 15.1 Å². The molecule has 3 aromatic rings. The van der Waals surface area contributed by atoms with Crippen LogP contribution in [0, 0.1) is 6.92 Å². The molecular formula is C25H23Cl3N2O. The number of carbonyl (C=O) groups excluding carboxylic acids is 1. The van der Waals surface area contributed by atoms with Crippen LogP contribution in [0.3, 0.4) is 0 Å². The van der Waals surface area contributed by atoms with Gasteiger partial charge in [-0.15, -0.1) is 0 Å². The van der Waals surface area contributed by atoms with Gasteiger partial charge in [0.2, 0.25) is 5.91 Å². The first-order chi connectivity index (χ1) is 14.9. The fourth-order valence-corrected chi connectivity index (χ4v) is 4.73. The summed E-state index contributed by atoms with van der Waals surface area (Å²) in [6, 6.07) is 21.4. The van der Waals surface area contributed by atoms with Crippen LogP contribution in [0.25, 0.3) is 0 Å². The first kappa shape index (κ1) is 22.0. The number of benzene rings is 3. The fourth-order valence-electron chi connectivity index (χ4n) is 4.05. The van der Waals surface area contributed by atoms with E-state index in [4.69, 9.17) is 34.8 Å². The molecule has 0 aliphatic carbocycles. The highest BCUT2D eigenvalue weighted by atomic mass is 35.5. The second-order valence-electron chi connectivity index (χ2n) is 7.86. The van der Waals surface area contributed by atoms with Gasteiger partial charge in [0, 0.05) is 29.7 Å². The highest BCUT2D eigenvalue weighted by molar-refractivity contribution is 6.33. The maximum Gasteiger partial charge on any atom is 0.227 e. The van der Waals surface area contributed by atoms with E-state index in [-0.39, 0.29) is 11.9 Å². The largest absolute Gasteiger partial charge is 0.360 e. The zero-order valence-corrected chi connectivity index (χ0v) is 19.5. The first-order valence-electron chi connectivity index (χ1n) is 10.2. The van der Waals surface area contributed by atoms with Crippen LogP contribution in [0.15, 0.2) is 66.7 Å². The minimum absolute atomic E-state index is 0.0189. The molecule has 4 rings (SSSR count). The molecular weight excluding hydrogens is 451 g/mol. The van der Waals surface area contributed by atoms with E-state index in [1.807, 2.05) is 66.4 Å². The molecule has 0 unspecified atom stereocenters. The van der Waals surface area contributed by atoms with Gasteiger partial charge in [0.1, 0.15) is 0 Å². The molecule has 1 aliphatic heterocycles. The summed E-state index contributed by atoms with van der Waals surface area (Å²) in [4.78, 5) is 17.3. The summed E-state index contributed by atoms with van der Waals surface area (Å²) >= 11 is 18.8. The fraction of sp³-hybridized carbons (Fsp3) is 0.240. The standard InChI is InChI=1S/C25H23Cl3N2O/c1-17-5-10-23(22(28)13-17)30-12-11-29(16-24(30)19-6-8-20(26)9-7-19)25(31)15-18-3-2-4-21(27)14-18/h2-10,13-14,24H,11-12,15-16H2,1H3/t24-/m1/s1. The molecule has 0 saturated carbocycles. The van der Waals surface area contributed by atoms with Crippen LogP contribution >= 0.6 is 34.8 Å². The van der Waals surface area contributed by atoms with Crippen LogP contribution in [0.4, 0.5) is 5.69 Å². The Morgan fingerprint density at radius 1 is 0.935 bits per heavy atom. The third-order valence-corrected chi connectivity index (χ3v) is 6.43. The summed E-state index contributed by atoms with van der Waals surface area (Å²) in [5.41, 5.74) is 4.12. The van der Waals surface area contributed by atoms with Gasteiger partial charge in [-0.2, -0.15) is 0 Å². The van der Waals surface area contributed by atoms with Crippen molar-refractivity contribution in [1.82, 2.24) is 4.90 Å². The molecule has 1 fully saturated rings. The Labute approximate surface area is 198 Å². The van der Waals surface area contributed by atoms with Gasteiger partial charge in [-0.25, -0.2) is 0 Å². The number of rotatable bonds is 4. The molecule has 1 aliphatic rings. The Bertz CT molecular complexity index is 1080. The number of aryl methyl sites for hydroxylation is 1. The van der Waals surface area contributed by atoms with E-state index in [1.165, 1.54) is 0 Å². The quantitative estimate of drug-likeness (QED) is 0.427. The molecule has 0 radical (unpaired) electrons. The van der Waals surface area contributed by atoms with Gasteiger partial charge < -0.3 is 9.80 Å². The molecule has 3 nitrogen and oxygen atoms in total. The van der Waals surface area contributed by atoms with Crippen molar-refractivity contribution in [3.8, 4) is 0 Å². The topological polar surface area (TPSA) is 23.6 Å². The molecule has 3 aromatic carbocycles. The Balaban J connectivity index is 1.60. The van der Waals surface area contributed by atoms with Crippen molar-refractivity contribution in [2.75, 3.05) is 24.5 Å². The predicted molar refractivity (Wildman–Crippen MR) is 129 cm³/mol. The Kier molecular flexibility index (Phi) is 6.76. The van der Waals surface area contributed by atoms with Crippen molar-refractivity contribution >= 4 is 46.4 Å². The van der Waals surface area contributed by atoms with Crippen molar-refractivity contribution < 1.29 is 4.79 Å². The molecule has 31 heavy (non-hydrogen) atoms. The molecule has 1 saturated heterocycles. The number of anilines is 1. The molecule has 0 spiro atoms. The Hall–Kier alpha value is -2.20. The van der Waals surface area contributed by atoms with Gasteiger partial charge in [-0.3, -0.25) is 4.79 Å². The molecule has 0 bridgehead atoms. The maximum absolute atomic E-state index is 13.1. The molecule has 160 valence electrons. The van der Waals surface area contributed by atoms with Crippen LogP contribution in [0.5, 0.6) is 0 Å². The number of hydrogen-bond acceptors (Lipinski definition) is 2. The second-order valence-corrected chi connectivity index (χ2v) is 9.14. The van der Waals surface area contributed by atoms with Crippen LogP contribution in [0.1, 0.15) is 22.7 Å². The summed E-state index contributed by atoms with van der Waals surface area (Å²) in [6.45, 7) is 3.93. The lowest BCUT2D eigenvalue weighted by Gasteiger charge is -2.43. The first-order valence-corrected chi connectivity index (χ1v) is 11.3. The lowest BCUT2D eigenvalue weighted by molar-refractivity contribution is -0.131. The van der Waals surface area contributed by atoms with Gasteiger partial charge in [-0.05, 0) is 60.0 Å². The number of halogens is 3. The van der Waals surface area contributed by atoms with Gasteiger partial charge in [0.15, 0.2) is 0 Å². The summed E-state index contributed by atoms with van der Waals surface area (Å²) < 4.78 is 0. The molecule has 0 N–H and O–H groups in total. The van der Waals surface area contributed by atoms with E-state index in [1.54, 1.807) is 0 Å². The lowest BCUT2D eigenvalue weighted by atomic mass is 10.00. The number of hydrogen-bond donors (Lipinski definition) is 0. The number of piperazine rings is 1. The lowest BCUT2D eigenvalue weighted by Crippen LogP contribution is -2.51. The summed E-state index contributed by atoms with van der Waals surface area (Å²) in [5, 5.41) is 2.05. The minimum Gasteiger partial charge on any atom is -0.360 e. The maximum atomic E-state index is 13.1. The third kappa shape index (κ3) is 5.17. The van der Waals surface area contributed by atoms with Crippen molar-refractivity contribution in [1.29, 1.82) is 0 Å². The molecule has 1 amide bonds. The molecule has 1 heterocycles. The number of carbonyl (C=O) groups is 1. The zero-order valence-electron chi connectivity index (χ0n) is 17.2.